The van der Waals surface area contributed by atoms with E-state index >= 15 is 0 Å². The number of hydrogen-bond donors (Lipinski definition) is 0. The highest BCUT2D eigenvalue weighted by atomic mass is 16.7. The molecule has 5 heteroatoms. The van der Waals surface area contributed by atoms with E-state index in [9.17, 15) is 4.79 Å². The average Bonchev–Trinajstić information content (AvgIpc) is 3.23. The molecule has 0 amide bonds. The Kier molecular flexibility index (Phi) is 12.6. The lowest BCUT2D eigenvalue weighted by Crippen LogP contribution is -2.53. The minimum atomic E-state index is -0.437. The predicted octanol–water partition coefficient (Wildman–Crippen LogP) is 11.0. The van der Waals surface area contributed by atoms with Gasteiger partial charge in [0.15, 0.2) is 0 Å². The van der Waals surface area contributed by atoms with Crippen LogP contribution in [0.3, 0.4) is 0 Å². The Hall–Kier alpha value is -1.07. The van der Waals surface area contributed by atoms with Crippen molar-refractivity contribution >= 4 is 6.16 Å². The molecule has 48 heavy (non-hydrogen) atoms. The van der Waals surface area contributed by atoms with Crippen LogP contribution in [0.4, 0.5) is 4.79 Å². The molecule has 5 fully saturated rings. The van der Waals surface area contributed by atoms with Crippen molar-refractivity contribution in [2.75, 3.05) is 32.8 Å². The van der Waals surface area contributed by atoms with E-state index in [0.717, 1.165) is 67.6 Å². The topological polar surface area (TPSA) is 42.0 Å². The highest BCUT2D eigenvalue weighted by Crippen LogP contribution is 2.67. The maximum absolute atomic E-state index is 12.7. The Balaban J connectivity index is 0.901. The van der Waals surface area contributed by atoms with E-state index in [-0.39, 0.29) is 11.5 Å². The summed E-state index contributed by atoms with van der Waals surface area (Å²) in [6.07, 6.45) is 28.5. The molecule has 5 nitrogen and oxygen atoms in total. The highest BCUT2D eigenvalue weighted by Gasteiger charge is 2.59. The van der Waals surface area contributed by atoms with Crippen molar-refractivity contribution < 1.29 is 14.3 Å². The number of carbonyl (C=O) groups is 1. The number of nitrogens with zero attached hydrogens (tertiary/aromatic N) is 2. The summed E-state index contributed by atoms with van der Waals surface area (Å²) >= 11 is 0. The zero-order valence-electron chi connectivity index (χ0n) is 32.0. The number of ether oxygens (including phenoxy) is 2. The fraction of sp³-hybridized carbons (Fsp3) is 0.930. The molecule has 6 rings (SSSR count). The zero-order chi connectivity index (χ0) is 33.7. The minimum absolute atomic E-state index is 0.0159. The molecule has 9 atom stereocenters. The van der Waals surface area contributed by atoms with Crippen LogP contribution < -0.4 is 0 Å². The summed E-state index contributed by atoms with van der Waals surface area (Å²) in [5.74, 6) is 5.15. The van der Waals surface area contributed by atoms with Crippen LogP contribution in [0, 0.1) is 46.3 Å². The van der Waals surface area contributed by atoms with Crippen LogP contribution in [-0.2, 0) is 9.47 Å². The highest BCUT2D eigenvalue weighted by molar-refractivity contribution is 5.60. The molecule has 2 aliphatic heterocycles. The average molecular weight is 667 g/mol. The third kappa shape index (κ3) is 8.18. The molecular weight excluding hydrogens is 592 g/mol. The largest absolute Gasteiger partial charge is 0.508 e. The molecule has 3 saturated carbocycles. The van der Waals surface area contributed by atoms with Crippen molar-refractivity contribution in [1.82, 2.24) is 9.80 Å². The van der Waals surface area contributed by atoms with Crippen molar-refractivity contribution in [3.05, 3.63) is 11.6 Å². The first-order valence-electron chi connectivity index (χ1n) is 21.2. The first-order valence-corrected chi connectivity index (χ1v) is 21.2. The van der Waals surface area contributed by atoms with Gasteiger partial charge in [-0.15, -0.1) is 0 Å². The van der Waals surface area contributed by atoms with E-state index in [1.807, 2.05) is 0 Å². The van der Waals surface area contributed by atoms with Crippen molar-refractivity contribution in [1.29, 1.82) is 0 Å². The first kappa shape index (κ1) is 36.7. The molecule has 0 aromatic heterocycles. The van der Waals surface area contributed by atoms with E-state index < -0.39 is 6.16 Å². The molecule has 1 unspecified atom stereocenters. The summed E-state index contributed by atoms with van der Waals surface area (Å²) < 4.78 is 11.5. The Morgan fingerprint density at radius 2 is 1.69 bits per heavy atom. The molecule has 0 spiro atoms. The lowest BCUT2D eigenvalue weighted by atomic mass is 9.47. The molecule has 0 bridgehead atoms. The number of unbranched alkanes of at least 4 members (excludes halogenated alkanes) is 3. The number of fused-ring (bicyclic) bond motifs is 6. The maximum atomic E-state index is 12.7. The number of rotatable bonds is 13. The van der Waals surface area contributed by atoms with Gasteiger partial charge in [-0.1, -0.05) is 91.2 Å². The van der Waals surface area contributed by atoms with Gasteiger partial charge in [-0.05, 0) is 136 Å². The molecule has 274 valence electrons. The van der Waals surface area contributed by atoms with Gasteiger partial charge in [-0.3, -0.25) is 9.80 Å². The molecule has 6 aliphatic rings. The molecular formula is C43H74N2O3. The standard InChI is InChI=1S/C43H74N2O3/c1-32(2)15-13-16-33(3)37-20-21-38-36-19-18-34-31-35(22-24-42(34,4)39(36)23-25-43(37,38)5)48-41(46)47-30-12-7-6-10-26-44-28-14-29-45-27-11-8-9-17-40(44)45/h18,32-33,35-40H,6-17,19-31H2,1-5H3/t33-,35+,36+,37-,38+,39+,40?,42+,43-/m1/s1. The molecule has 0 N–H and O–H groups in total. The molecule has 0 radical (unpaired) electrons. The van der Waals surface area contributed by atoms with Gasteiger partial charge in [0.1, 0.15) is 6.10 Å². The monoisotopic (exact) mass is 667 g/mol. The summed E-state index contributed by atoms with van der Waals surface area (Å²) in [4.78, 5) is 18.2. The van der Waals surface area contributed by atoms with E-state index in [1.54, 1.807) is 5.57 Å². The molecule has 0 aromatic rings. The second-order valence-electron chi connectivity index (χ2n) is 18.5. The number of carbonyl (C=O) groups excluding carboxylic acids is 1. The van der Waals surface area contributed by atoms with Gasteiger partial charge < -0.3 is 9.47 Å². The quantitative estimate of drug-likeness (QED) is 0.111. The van der Waals surface area contributed by atoms with Crippen LogP contribution in [0.5, 0.6) is 0 Å². The third-order valence-electron chi connectivity index (χ3n) is 15.2. The Bertz CT molecular complexity index is 1070. The zero-order valence-corrected chi connectivity index (χ0v) is 32.0. The SMILES string of the molecule is CC(C)CCC[C@@H](C)[C@H]1CC[C@H]2[C@@H]3CC=C4C[C@@H](OC(=O)OCCCCCCN5CCCN6CCCCCC56)CC[C@]4(C)[C@H]3CC[C@]12C. The van der Waals surface area contributed by atoms with Crippen LogP contribution in [0.2, 0.25) is 0 Å². The van der Waals surface area contributed by atoms with Crippen LogP contribution in [0.25, 0.3) is 0 Å². The maximum Gasteiger partial charge on any atom is 0.508 e. The second kappa shape index (κ2) is 16.5. The van der Waals surface area contributed by atoms with E-state index in [1.165, 1.54) is 122 Å². The van der Waals surface area contributed by atoms with Gasteiger partial charge in [0.2, 0.25) is 0 Å². The van der Waals surface area contributed by atoms with Gasteiger partial charge >= 0.3 is 6.16 Å². The van der Waals surface area contributed by atoms with Gasteiger partial charge in [0.05, 0.1) is 12.8 Å². The summed E-state index contributed by atoms with van der Waals surface area (Å²) in [5, 5.41) is 0. The van der Waals surface area contributed by atoms with E-state index in [2.05, 4.69) is 50.5 Å². The van der Waals surface area contributed by atoms with Gasteiger partial charge in [0, 0.05) is 19.5 Å². The summed E-state index contributed by atoms with van der Waals surface area (Å²) in [6.45, 7) is 18.2. The lowest BCUT2D eigenvalue weighted by Gasteiger charge is -2.58. The lowest BCUT2D eigenvalue weighted by molar-refractivity contribution is -0.0617. The fourth-order valence-corrected chi connectivity index (χ4v) is 12.6. The van der Waals surface area contributed by atoms with E-state index in [4.69, 9.17) is 9.47 Å². The van der Waals surface area contributed by atoms with Gasteiger partial charge in [-0.2, -0.15) is 0 Å². The Morgan fingerprint density at radius 3 is 2.54 bits per heavy atom. The van der Waals surface area contributed by atoms with Crippen LogP contribution >= 0.6 is 0 Å². The van der Waals surface area contributed by atoms with E-state index in [0.29, 0.717) is 18.2 Å². The van der Waals surface area contributed by atoms with Gasteiger partial charge in [0.25, 0.3) is 0 Å². The predicted molar refractivity (Wildman–Crippen MR) is 198 cm³/mol. The second-order valence-corrected chi connectivity index (χ2v) is 18.5. The molecule has 0 aromatic carbocycles. The number of allylic oxidation sites excluding steroid dienone is 1. The molecule has 2 heterocycles. The van der Waals surface area contributed by atoms with Crippen molar-refractivity contribution in [3.63, 3.8) is 0 Å². The first-order chi connectivity index (χ1) is 23.2. The number of hydrogen-bond acceptors (Lipinski definition) is 5. The van der Waals surface area contributed by atoms with Crippen molar-refractivity contribution in [2.45, 2.75) is 175 Å². The smallest absolute Gasteiger partial charge is 0.434 e. The normalized spacial score (nSPS) is 37.8. The summed E-state index contributed by atoms with van der Waals surface area (Å²) in [5.41, 5.74) is 2.42. The van der Waals surface area contributed by atoms with Crippen LogP contribution in [-0.4, -0.2) is 61.0 Å². The van der Waals surface area contributed by atoms with Crippen LogP contribution in [0.15, 0.2) is 11.6 Å². The Labute approximate surface area is 295 Å². The summed E-state index contributed by atoms with van der Waals surface area (Å²) in [7, 11) is 0. The van der Waals surface area contributed by atoms with Crippen LogP contribution in [0.1, 0.15) is 163 Å². The fourth-order valence-electron chi connectivity index (χ4n) is 12.6. The minimum Gasteiger partial charge on any atom is -0.434 e. The molecule has 2 saturated heterocycles. The van der Waals surface area contributed by atoms with Crippen molar-refractivity contribution in [3.8, 4) is 0 Å². The molecule has 4 aliphatic carbocycles. The Morgan fingerprint density at radius 1 is 0.854 bits per heavy atom. The third-order valence-corrected chi connectivity index (χ3v) is 15.2. The van der Waals surface area contributed by atoms with Gasteiger partial charge in [-0.25, -0.2) is 4.79 Å². The summed E-state index contributed by atoms with van der Waals surface area (Å²) in [6, 6.07) is 0. The van der Waals surface area contributed by atoms with Crippen molar-refractivity contribution in [2.24, 2.45) is 46.3 Å².